The summed E-state index contributed by atoms with van der Waals surface area (Å²) in [5.41, 5.74) is 2.62. The van der Waals surface area contributed by atoms with Crippen LogP contribution in [0.1, 0.15) is 30.4 Å². The minimum absolute atomic E-state index is 0.261. The van der Waals surface area contributed by atoms with Crippen molar-refractivity contribution in [2.45, 2.75) is 38.3 Å². The number of aryl methyl sites for hydroxylation is 1. The van der Waals surface area contributed by atoms with Gasteiger partial charge in [0.2, 0.25) is 0 Å². The molecular weight excluding hydrogens is 298 g/mol. The van der Waals surface area contributed by atoms with Gasteiger partial charge in [0.05, 0.1) is 6.10 Å². The Kier molecular flexibility index (Phi) is 6.70. The molecular formula is C21H27NO2. The van der Waals surface area contributed by atoms with Crippen molar-refractivity contribution >= 4 is 0 Å². The molecule has 1 heterocycles. The van der Waals surface area contributed by atoms with Crippen molar-refractivity contribution in [3.05, 3.63) is 65.7 Å². The van der Waals surface area contributed by atoms with Gasteiger partial charge in [0, 0.05) is 18.7 Å². The van der Waals surface area contributed by atoms with Crippen molar-refractivity contribution in [1.29, 1.82) is 0 Å². The Labute approximate surface area is 145 Å². The van der Waals surface area contributed by atoms with E-state index in [1.165, 1.54) is 11.1 Å². The van der Waals surface area contributed by atoms with Crippen LogP contribution in [0.15, 0.2) is 54.6 Å². The van der Waals surface area contributed by atoms with E-state index in [1.807, 2.05) is 6.07 Å². The maximum atomic E-state index is 5.98. The third kappa shape index (κ3) is 5.36. The van der Waals surface area contributed by atoms with E-state index < -0.39 is 0 Å². The molecule has 3 rings (SSSR count). The average Bonchev–Trinajstić information content (AvgIpc) is 3.15. The first-order chi connectivity index (χ1) is 11.9. The van der Waals surface area contributed by atoms with E-state index in [-0.39, 0.29) is 6.10 Å². The van der Waals surface area contributed by atoms with Crippen LogP contribution in [0.3, 0.4) is 0 Å². The van der Waals surface area contributed by atoms with Crippen molar-refractivity contribution in [2.24, 2.45) is 0 Å². The highest BCUT2D eigenvalue weighted by atomic mass is 16.5. The van der Waals surface area contributed by atoms with Gasteiger partial charge in [0.15, 0.2) is 0 Å². The number of hydrogen-bond acceptors (Lipinski definition) is 3. The molecule has 1 saturated heterocycles. The molecule has 1 fully saturated rings. The fraction of sp³-hybridized carbons (Fsp3) is 0.429. The van der Waals surface area contributed by atoms with Crippen LogP contribution in [0.25, 0.3) is 0 Å². The Morgan fingerprint density at radius 3 is 2.71 bits per heavy atom. The minimum Gasteiger partial charge on any atom is -0.491 e. The number of ether oxygens (including phenoxy) is 2. The molecule has 0 amide bonds. The van der Waals surface area contributed by atoms with E-state index in [1.54, 1.807) is 0 Å². The van der Waals surface area contributed by atoms with Gasteiger partial charge in [-0.3, -0.25) is 0 Å². The molecule has 2 aromatic carbocycles. The molecule has 0 aliphatic carbocycles. The summed E-state index contributed by atoms with van der Waals surface area (Å²) in [6.07, 6.45) is 4.78. The van der Waals surface area contributed by atoms with Crippen LogP contribution in [0.4, 0.5) is 0 Å². The summed E-state index contributed by atoms with van der Waals surface area (Å²) in [5.74, 6) is 0.976. The van der Waals surface area contributed by atoms with Crippen molar-refractivity contribution < 1.29 is 9.47 Å². The lowest BCUT2D eigenvalue weighted by Crippen LogP contribution is -2.19. The van der Waals surface area contributed by atoms with E-state index >= 15 is 0 Å². The van der Waals surface area contributed by atoms with Crippen LogP contribution in [0.5, 0.6) is 5.75 Å². The SMILES string of the molecule is c1ccc(CCCNCc2ccccc2OCC2CCCO2)cc1. The first-order valence-corrected chi connectivity index (χ1v) is 8.99. The van der Waals surface area contributed by atoms with E-state index in [9.17, 15) is 0 Å². The van der Waals surface area contributed by atoms with Crippen LogP contribution in [-0.4, -0.2) is 25.9 Å². The second-order valence-corrected chi connectivity index (χ2v) is 6.32. The molecule has 0 radical (unpaired) electrons. The van der Waals surface area contributed by atoms with Gasteiger partial charge in [-0.15, -0.1) is 0 Å². The predicted molar refractivity (Wildman–Crippen MR) is 97.4 cm³/mol. The number of para-hydroxylation sites is 1. The van der Waals surface area contributed by atoms with Gasteiger partial charge < -0.3 is 14.8 Å². The fourth-order valence-electron chi connectivity index (χ4n) is 3.03. The Morgan fingerprint density at radius 1 is 1.04 bits per heavy atom. The second-order valence-electron chi connectivity index (χ2n) is 6.32. The lowest BCUT2D eigenvalue weighted by molar-refractivity contribution is 0.0676. The molecule has 1 unspecified atom stereocenters. The summed E-state index contributed by atoms with van der Waals surface area (Å²) in [6.45, 7) is 3.38. The van der Waals surface area contributed by atoms with Crippen molar-refractivity contribution in [2.75, 3.05) is 19.8 Å². The van der Waals surface area contributed by atoms with Crippen molar-refractivity contribution in [3.8, 4) is 5.75 Å². The molecule has 3 heteroatoms. The summed E-state index contributed by atoms with van der Waals surface area (Å²) in [5, 5.41) is 3.53. The van der Waals surface area contributed by atoms with E-state index in [4.69, 9.17) is 9.47 Å². The zero-order chi connectivity index (χ0) is 16.5. The van der Waals surface area contributed by atoms with Gasteiger partial charge >= 0.3 is 0 Å². The average molecular weight is 325 g/mol. The highest BCUT2D eigenvalue weighted by Crippen LogP contribution is 2.20. The zero-order valence-electron chi connectivity index (χ0n) is 14.2. The first kappa shape index (κ1) is 17.0. The smallest absolute Gasteiger partial charge is 0.123 e. The first-order valence-electron chi connectivity index (χ1n) is 8.99. The van der Waals surface area contributed by atoms with E-state index in [0.717, 1.165) is 51.1 Å². The molecule has 1 aliphatic rings. The van der Waals surface area contributed by atoms with Crippen molar-refractivity contribution in [1.82, 2.24) is 5.32 Å². The summed E-state index contributed by atoms with van der Waals surface area (Å²) in [7, 11) is 0. The third-order valence-electron chi connectivity index (χ3n) is 4.40. The largest absolute Gasteiger partial charge is 0.491 e. The Balaban J connectivity index is 1.39. The highest BCUT2D eigenvalue weighted by molar-refractivity contribution is 5.33. The Morgan fingerprint density at radius 2 is 1.88 bits per heavy atom. The standard InChI is InChI=1S/C21H27NO2/c1-2-8-18(9-3-1)10-6-14-22-16-19-11-4-5-13-21(19)24-17-20-12-7-15-23-20/h1-5,8-9,11,13,20,22H,6-7,10,12,14-17H2. The third-order valence-corrected chi connectivity index (χ3v) is 4.40. The lowest BCUT2D eigenvalue weighted by atomic mass is 10.1. The quantitative estimate of drug-likeness (QED) is 0.708. The number of hydrogen-bond donors (Lipinski definition) is 1. The zero-order valence-corrected chi connectivity index (χ0v) is 14.2. The Hall–Kier alpha value is -1.84. The number of rotatable bonds is 9. The van der Waals surface area contributed by atoms with Crippen LogP contribution >= 0.6 is 0 Å². The highest BCUT2D eigenvalue weighted by Gasteiger charge is 2.16. The summed E-state index contributed by atoms with van der Waals surface area (Å²) in [4.78, 5) is 0. The molecule has 1 aliphatic heterocycles. The molecule has 1 atom stereocenters. The van der Waals surface area contributed by atoms with Gasteiger partial charge in [0.1, 0.15) is 12.4 Å². The monoisotopic (exact) mass is 325 g/mol. The molecule has 128 valence electrons. The molecule has 3 nitrogen and oxygen atoms in total. The summed E-state index contributed by atoms with van der Waals surface area (Å²) < 4.78 is 11.6. The Bertz CT molecular complexity index is 594. The van der Waals surface area contributed by atoms with Crippen LogP contribution in [0.2, 0.25) is 0 Å². The van der Waals surface area contributed by atoms with Crippen LogP contribution in [-0.2, 0) is 17.7 Å². The summed E-state index contributed by atoms with van der Waals surface area (Å²) >= 11 is 0. The van der Waals surface area contributed by atoms with Gasteiger partial charge in [0.25, 0.3) is 0 Å². The minimum atomic E-state index is 0.261. The van der Waals surface area contributed by atoms with Gasteiger partial charge in [-0.2, -0.15) is 0 Å². The van der Waals surface area contributed by atoms with Gasteiger partial charge in [-0.25, -0.2) is 0 Å². The normalized spacial score (nSPS) is 17.1. The van der Waals surface area contributed by atoms with E-state index in [0.29, 0.717) is 6.61 Å². The molecule has 0 spiro atoms. The molecule has 2 aromatic rings. The number of benzene rings is 2. The molecule has 0 aromatic heterocycles. The maximum Gasteiger partial charge on any atom is 0.123 e. The number of nitrogens with one attached hydrogen (secondary N) is 1. The topological polar surface area (TPSA) is 30.5 Å². The van der Waals surface area contributed by atoms with Gasteiger partial charge in [-0.05, 0) is 43.9 Å². The molecule has 0 saturated carbocycles. The van der Waals surface area contributed by atoms with Crippen LogP contribution < -0.4 is 10.1 Å². The van der Waals surface area contributed by atoms with E-state index in [2.05, 4.69) is 53.8 Å². The molecule has 1 N–H and O–H groups in total. The lowest BCUT2D eigenvalue weighted by Gasteiger charge is -2.15. The van der Waals surface area contributed by atoms with Gasteiger partial charge in [-0.1, -0.05) is 48.5 Å². The van der Waals surface area contributed by atoms with Crippen LogP contribution in [0, 0.1) is 0 Å². The van der Waals surface area contributed by atoms with Crippen molar-refractivity contribution in [3.63, 3.8) is 0 Å². The molecule has 24 heavy (non-hydrogen) atoms. The summed E-state index contributed by atoms with van der Waals surface area (Å²) in [6, 6.07) is 18.9. The molecule has 0 bridgehead atoms. The maximum absolute atomic E-state index is 5.98. The second kappa shape index (κ2) is 9.45. The predicted octanol–water partition coefficient (Wildman–Crippen LogP) is 3.97. The fourth-order valence-corrected chi connectivity index (χ4v) is 3.03.